The highest BCUT2D eigenvalue weighted by Crippen LogP contribution is 2.46. The van der Waals surface area contributed by atoms with Crippen molar-refractivity contribution in [3.63, 3.8) is 0 Å². The lowest BCUT2D eigenvalue weighted by Crippen LogP contribution is -2.65. The van der Waals surface area contributed by atoms with Crippen molar-refractivity contribution in [3.05, 3.63) is 46.2 Å². The maximum absolute atomic E-state index is 14.1. The van der Waals surface area contributed by atoms with E-state index >= 15 is 0 Å². The average molecular weight is 601 g/mol. The minimum Gasteiger partial charge on any atom is -0.464 e. The second-order valence-corrected chi connectivity index (χ2v) is 13.6. The molecule has 0 bridgehead atoms. The number of hydrogen-bond acceptors (Lipinski definition) is 11. The van der Waals surface area contributed by atoms with Gasteiger partial charge in [0.15, 0.2) is 0 Å². The number of pyridine rings is 1. The molecule has 0 aliphatic carbocycles. The molecule has 220 valence electrons. The van der Waals surface area contributed by atoms with E-state index in [0.29, 0.717) is 56.0 Å². The van der Waals surface area contributed by atoms with Gasteiger partial charge in [-0.05, 0) is 50.8 Å². The Morgan fingerprint density at radius 2 is 2.00 bits per heavy atom. The van der Waals surface area contributed by atoms with Gasteiger partial charge in [0.05, 0.1) is 35.0 Å². The Morgan fingerprint density at radius 3 is 2.68 bits per heavy atom. The molecule has 0 radical (unpaired) electrons. The standard InChI is InChI=1S/C28H36N6O5S2/c1-27(2,37)23(21-5-3-4-20(30-21)18-6-8-38-9-7-18)31-24(35)19-13-33(25(36)22-12-29-17-40-22)14-28(19)15-34(16-28)26-32-41-11-10-39-26/h3-5,12,17-19,23,37H,6-11,13-16H2,1-2H3,(H,31,35). The average Bonchev–Trinajstić information content (AvgIpc) is 3.64. The molecule has 3 fully saturated rings. The molecular weight excluding hydrogens is 564 g/mol. The highest BCUT2D eigenvalue weighted by Gasteiger charge is 2.59. The molecule has 3 saturated heterocycles. The molecule has 2 amide bonds. The van der Waals surface area contributed by atoms with Crippen LogP contribution in [-0.2, 0) is 14.3 Å². The van der Waals surface area contributed by atoms with Crippen LogP contribution in [0.25, 0.3) is 0 Å². The number of likely N-dealkylation sites (tertiary alicyclic amines) is 2. The van der Waals surface area contributed by atoms with Gasteiger partial charge in [0, 0.05) is 62.2 Å². The number of nitrogens with zero attached hydrogens (tertiary/aromatic N) is 5. The summed E-state index contributed by atoms with van der Waals surface area (Å²) >= 11 is 2.77. The van der Waals surface area contributed by atoms with Gasteiger partial charge in [0.25, 0.3) is 11.9 Å². The molecule has 4 aliphatic rings. The number of hydrogen-bond donors (Lipinski definition) is 2. The Bertz CT molecular complexity index is 1290. The van der Waals surface area contributed by atoms with Crippen LogP contribution in [0.2, 0.25) is 0 Å². The molecule has 0 saturated carbocycles. The van der Waals surface area contributed by atoms with Crippen molar-refractivity contribution < 1.29 is 24.2 Å². The lowest BCUT2D eigenvalue weighted by Gasteiger charge is -2.51. The van der Waals surface area contributed by atoms with Crippen molar-refractivity contribution in [1.82, 2.24) is 25.1 Å². The third-order valence-electron chi connectivity index (χ3n) is 8.45. The molecule has 2 unspecified atom stereocenters. The first-order valence-corrected chi connectivity index (χ1v) is 15.9. The van der Waals surface area contributed by atoms with E-state index < -0.39 is 23.0 Å². The molecule has 2 aromatic rings. The lowest BCUT2D eigenvalue weighted by molar-refractivity contribution is -0.134. The number of carbonyl (C=O) groups excluding carboxylic acids is 2. The topological polar surface area (TPSA) is 129 Å². The van der Waals surface area contributed by atoms with Crippen LogP contribution < -0.4 is 5.32 Å². The van der Waals surface area contributed by atoms with E-state index in [9.17, 15) is 14.7 Å². The Kier molecular flexibility index (Phi) is 7.96. The normalized spacial score (nSPS) is 23.5. The summed E-state index contributed by atoms with van der Waals surface area (Å²) in [6.45, 7) is 7.23. The monoisotopic (exact) mass is 600 g/mol. The summed E-state index contributed by atoms with van der Waals surface area (Å²) in [4.78, 5) is 40.8. The Hall–Kier alpha value is -2.74. The van der Waals surface area contributed by atoms with E-state index in [1.807, 2.05) is 23.1 Å². The molecule has 0 aromatic carbocycles. The highest BCUT2D eigenvalue weighted by atomic mass is 32.2. The van der Waals surface area contributed by atoms with Crippen molar-refractivity contribution in [2.75, 3.05) is 51.8 Å². The van der Waals surface area contributed by atoms with Crippen LogP contribution in [0.15, 0.2) is 34.3 Å². The fourth-order valence-electron chi connectivity index (χ4n) is 6.28. The third kappa shape index (κ3) is 5.81. The van der Waals surface area contributed by atoms with Gasteiger partial charge in [-0.3, -0.25) is 19.6 Å². The van der Waals surface area contributed by atoms with Crippen molar-refractivity contribution in [2.24, 2.45) is 15.7 Å². The molecule has 2 N–H and O–H groups in total. The van der Waals surface area contributed by atoms with Crippen molar-refractivity contribution >= 4 is 41.1 Å². The molecule has 2 atom stereocenters. The first-order valence-electron chi connectivity index (χ1n) is 14.1. The SMILES string of the molecule is CC(C)(O)C(NC(=O)C1CN(C(=O)c2cncs2)CC12CN(C1=NSCCO1)C2)c1cccc(C2CCOCC2)n1. The summed E-state index contributed by atoms with van der Waals surface area (Å²) < 4.78 is 15.7. The van der Waals surface area contributed by atoms with E-state index in [4.69, 9.17) is 14.5 Å². The van der Waals surface area contributed by atoms with Gasteiger partial charge in [0.2, 0.25) is 5.91 Å². The summed E-state index contributed by atoms with van der Waals surface area (Å²) in [5.74, 6) is 0.307. The predicted molar refractivity (Wildman–Crippen MR) is 156 cm³/mol. The quantitative estimate of drug-likeness (QED) is 0.481. The van der Waals surface area contributed by atoms with Gasteiger partial charge in [-0.25, -0.2) is 0 Å². The van der Waals surface area contributed by atoms with Gasteiger partial charge in [-0.15, -0.1) is 11.3 Å². The number of rotatable bonds is 6. The number of amides is 2. The number of aliphatic hydroxyl groups is 1. The van der Waals surface area contributed by atoms with Gasteiger partial charge < -0.3 is 29.7 Å². The first-order chi connectivity index (χ1) is 19.7. The van der Waals surface area contributed by atoms with Crippen LogP contribution in [-0.4, -0.2) is 100 Å². The minimum absolute atomic E-state index is 0.118. The third-order valence-corrected chi connectivity index (χ3v) is 9.84. The van der Waals surface area contributed by atoms with Crippen molar-refractivity contribution in [1.29, 1.82) is 0 Å². The zero-order valence-electron chi connectivity index (χ0n) is 23.3. The Balaban J connectivity index is 1.24. The van der Waals surface area contributed by atoms with Gasteiger partial charge >= 0.3 is 0 Å². The maximum atomic E-state index is 14.1. The summed E-state index contributed by atoms with van der Waals surface area (Å²) in [5.41, 5.74) is 1.49. The summed E-state index contributed by atoms with van der Waals surface area (Å²) in [5, 5.41) is 14.4. The van der Waals surface area contributed by atoms with Crippen LogP contribution in [0.1, 0.15) is 59.7 Å². The zero-order valence-corrected chi connectivity index (χ0v) is 25.0. The second-order valence-electron chi connectivity index (χ2n) is 11.8. The van der Waals surface area contributed by atoms with E-state index in [0.717, 1.165) is 24.3 Å². The summed E-state index contributed by atoms with van der Waals surface area (Å²) in [6.07, 6.45) is 3.37. The molecule has 6 heterocycles. The van der Waals surface area contributed by atoms with Gasteiger partial charge in [-0.2, -0.15) is 4.40 Å². The molecule has 41 heavy (non-hydrogen) atoms. The van der Waals surface area contributed by atoms with Crippen LogP contribution >= 0.6 is 23.3 Å². The summed E-state index contributed by atoms with van der Waals surface area (Å²) in [7, 11) is 0. The van der Waals surface area contributed by atoms with Crippen LogP contribution in [0, 0.1) is 11.3 Å². The highest BCUT2D eigenvalue weighted by molar-refractivity contribution is 7.98. The smallest absolute Gasteiger partial charge is 0.299 e. The van der Waals surface area contributed by atoms with Gasteiger partial charge in [0.1, 0.15) is 11.5 Å². The molecule has 13 heteroatoms. The fraction of sp³-hybridized carbons (Fsp3) is 0.607. The van der Waals surface area contributed by atoms with Crippen LogP contribution in [0.3, 0.4) is 0 Å². The number of aromatic nitrogens is 2. The van der Waals surface area contributed by atoms with Crippen LogP contribution in [0.5, 0.6) is 0 Å². The van der Waals surface area contributed by atoms with Crippen molar-refractivity contribution in [2.45, 2.75) is 44.2 Å². The zero-order chi connectivity index (χ0) is 28.6. The van der Waals surface area contributed by atoms with E-state index in [1.165, 1.54) is 23.3 Å². The largest absolute Gasteiger partial charge is 0.464 e. The van der Waals surface area contributed by atoms with E-state index in [-0.39, 0.29) is 24.3 Å². The molecule has 1 spiro atoms. The number of nitrogens with one attached hydrogen (secondary N) is 1. The molecule has 6 rings (SSSR count). The predicted octanol–water partition coefficient (Wildman–Crippen LogP) is 2.47. The molecular formula is C28H36N6O5S2. The number of ether oxygens (including phenoxy) is 2. The number of amidine groups is 1. The second kappa shape index (κ2) is 11.5. The fourth-order valence-corrected chi connectivity index (χ4v) is 7.40. The lowest BCUT2D eigenvalue weighted by atomic mass is 9.71. The maximum Gasteiger partial charge on any atom is 0.299 e. The van der Waals surface area contributed by atoms with E-state index in [2.05, 4.69) is 14.7 Å². The Labute approximate surface area is 247 Å². The number of carbonyl (C=O) groups is 2. The number of thiazole rings is 1. The van der Waals surface area contributed by atoms with Crippen molar-refractivity contribution in [3.8, 4) is 0 Å². The minimum atomic E-state index is -1.27. The van der Waals surface area contributed by atoms with E-state index in [1.54, 1.807) is 30.5 Å². The molecule has 11 nitrogen and oxygen atoms in total. The summed E-state index contributed by atoms with van der Waals surface area (Å²) in [6, 6.07) is 5.67. The van der Waals surface area contributed by atoms with Crippen LogP contribution in [0.4, 0.5) is 0 Å². The molecule has 2 aromatic heterocycles. The molecule has 4 aliphatic heterocycles. The van der Waals surface area contributed by atoms with Gasteiger partial charge in [-0.1, -0.05) is 6.07 Å². The Morgan fingerprint density at radius 1 is 1.20 bits per heavy atom. The first kappa shape index (κ1) is 28.4.